The molecule has 1 heterocycles. The lowest BCUT2D eigenvalue weighted by atomic mass is 10.1. The molecule has 0 amide bonds. The Kier molecular flexibility index (Phi) is 4.36. The number of rotatable bonds is 3. The fraction of sp³-hybridized carbons (Fsp3) is 0.286. The van der Waals surface area contributed by atoms with Crippen LogP contribution >= 0.6 is 27.3 Å². The second-order valence-corrected chi connectivity index (χ2v) is 6.26. The highest BCUT2D eigenvalue weighted by atomic mass is 79.9. The van der Waals surface area contributed by atoms with E-state index in [9.17, 15) is 13.2 Å². The fourth-order valence-corrected chi connectivity index (χ4v) is 3.43. The van der Waals surface area contributed by atoms with Gasteiger partial charge in [-0.15, -0.1) is 11.3 Å². The molecule has 1 aromatic carbocycles. The Morgan fingerprint density at radius 2 is 1.95 bits per heavy atom. The third-order valence-corrected chi connectivity index (χ3v) is 5.41. The Bertz CT molecular complexity index is 560. The summed E-state index contributed by atoms with van der Waals surface area (Å²) >= 11 is 5.10. The molecule has 0 saturated heterocycles. The van der Waals surface area contributed by atoms with Crippen molar-refractivity contribution in [2.24, 2.45) is 0 Å². The summed E-state index contributed by atoms with van der Waals surface area (Å²) in [6.45, 7) is 2.06. The predicted molar refractivity (Wildman–Crippen MR) is 75.9 cm³/mol. The van der Waals surface area contributed by atoms with E-state index in [1.807, 2.05) is 12.1 Å². The van der Waals surface area contributed by atoms with Gasteiger partial charge in [-0.25, -0.2) is 0 Å². The summed E-state index contributed by atoms with van der Waals surface area (Å²) < 4.78 is 38.0. The van der Waals surface area contributed by atoms with Crippen molar-refractivity contribution in [1.29, 1.82) is 0 Å². The lowest BCUT2D eigenvalue weighted by Gasteiger charge is -2.12. The Balaban J connectivity index is 2.31. The van der Waals surface area contributed by atoms with Crippen molar-refractivity contribution in [3.05, 3.63) is 57.3 Å². The van der Waals surface area contributed by atoms with Crippen molar-refractivity contribution < 1.29 is 13.2 Å². The van der Waals surface area contributed by atoms with Gasteiger partial charge in [0.1, 0.15) is 0 Å². The molecule has 1 atom stereocenters. The zero-order chi connectivity index (χ0) is 14.0. The Morgan fingerprint density at radius 3 is 2.53 bits per heavy atom. The molecule has 0 nitrogen and oxygen atoms in total. The topological polar surface area (TPSA) is 0 Å². The predicted octanol–water partition coefficient (Wildman–Crippen LogP) is 5.81. The van der Waals surface area contributed by atoms with Gasteiger partial charge in [-0.2, -0.15) is 13.2 Å². The van der Waals surface area contributed by atoms with E-state index in [-0.39, 0.29) is 4.83 Å². The van der Waals surface area contributed by atoms with Crippen LogP contribution in [0.2, 0.25) is 0 Å². The molecular formula is C14H12BrF3S. The Morgan fingerprint density at radius 1 is 1.21 bits per heavy atom. The number of aryl methyl sites for hydroxylation is 1. The largest absolute Gasteiger partial charge is 0.416 e. The molecule has 0 spiro atoms. The number of alkyl halides is 4. The Labute approximate surface area is 122 Å². The van der Waals surface area contributed by atoms with Crippen LogP contribution in [0, 0.1) is 0 Å². The maximum absolute atomic E-state index is 12.7. The maximum atomic E-state index is 12.7. The Hall–Kier alpha value is -0.810. The van der Waals surface area contributed by atoms with Gasteiger partial charge in [0.25, 0.3) is 0 Å². The van der Waals surface area contributed by atoms with E-state index in [0.29, 0.717) is 5.56 Å². The molecule has 0 fully saturated rings. The van der Waals surface area contributed by atoms with Crippen LogP contribution in [0.3, 0.4) is 0 Å². The first-order valence-corrected chi connectivity index (χ1v) is 7.55. The lowest BCUT2D eigenvalue weighted by Crippen LogP contribution is -2.05. The monoisotopic (exact) mass is 348 g/mol. The van der Waals surface area contributed by atoms with Gasteiger partial charge in [-0.1, -0.05) is 41.1 Å². The SMILES string of the molecule is CCc1ccc(C(Br)c2cccc(C(F)(F)F)c2)s1. The first-order chi connectivity index (χ1) is 8.91. The molecule has 1 aromatic heterocycles. The molecule has 19 heavy (non-hydrogen) atoms. The summed E-state index contributed by atoms with van der Waals surface area (Å²) in [5.41, 5.74) is 0.0149. The molecule has 0 saturated carbocycles. The van der Waals surface area contributed by atoms with Crippen LogP contribution in [0.5, 0.6) is 0 Å². The van der Waals surface area contributed by atoms with Crippen LogP contribution in [0.25, 0.3) is 0 Å². The quantitative estimate of drug-likeness (QED) is 0.613. The minimum Gasteiger partial charge on any atom is -0.166 e. The van der Waals surface area contributed by atoms with Gasteiger partial charge in [0, 0.05) is 9.75 Å². The van der Waals surface area contributed by atoms with E-state index in [4.69, 9.17) is 0 Å². The second kappa shape index (κ2) is 5.67. The van der Waals surface area contributed by atoms with Crippen LogP contribution in [0.15, 0.2) is 36.4 Å². The number of hydrogen-bond donors (Lipinski definition) is 0. The minimum atomic E-state index is -4.30. The van der Waals surface area contributed by atoms with E-state index in [1.165, 1.54) is 17.0 Å². The molecule has 2 aromatic rings. The standard InChI is InChI=1S/C14H12BrF3S/c1-2-11-6-7-12(19-11)13(15)9-4-3-5-10(8-9)14(16,17)18/h3-8,13H,2H2,1H3. The second-order valence-electron chi connectivity index (χ2n) is 4.14. The van der Waals surface area contributed by atoms with Gasteiger partial charge >= 0.3 is 6.18 Å². The lowest BCUT2D eigenvalue weighted by molar-refractivity contribution is -0.137. The number of benzene rings is 1. The smallest absolute Gasteiger partial charge is 0.166 e. The highest BCUT2D eigenvalue weighted by Gasteiger charge is 2.31. The van der Waals surface area contributed by atoms with Crippen molar-refractivity contribution >= 4 is 27.3 Å². The van der Waals surface area contributed by atoms with Crippen LogP contribution in [-0.4, -0.2) is 0 Å². The summed E-state index contributed by atoms with van der Waals surface area (Å²) in [6, 6.07) is 9.42. The normalized spacial score (nSPS) is 13.5. The molecule has 0 N–H and O–H groups in total. The van der Waals surface area contributed by atoms with Crippen molar-refractivity contribution in [3.8, 4) is 0 Å². The third kappa shape index (κ3) is 3.39. The molecule has 0 bridgehead atoms. The van der Waals surface area contributed by atoms with Crippen LogP contribution < -0.4 is 0 Å². The molecule has 1 unspecified atom stereocenters. The van der Waals surface area contributed by atoms with E-state index >= 15 is 0 Å². The number of hydrogen-bond acceptors (Lipinski definition) is 1. The molecule has 0 aliphatic heterocycles. The van der Waals surface area contributed by atoms with Gasteiger partial charge in [0.15, 0.2) is 0 Å². The van der Waals surface area contributed by atoms with Gasteiger partial charge in [-0.05, 0) is 30.2 Å². The molecule has 5 heteroatoms. The van der Waals surface area contributed by atoms with Gasteiger partial charge in [-0.3, -0.25) is 0 Å². The van der Waals surface area contributed by atoms with Crippen molar-refractivity contribution in [3.63, 3.8) is 0 Å². The van der Waals surface area contributed by atoms with E-state index in [1.54, 1.807) is 17.4 Å². The van der Waals surface area contributed by atoms with Gasteiger partial charge in [0.2, 0.25) is 0 Å². The highest BCUT2D eigenvalue weighted by Crippen LogP contribution is 2.38. The zero-order valence-corrected chi connectivity index (χ0v) is 12.6. The number of thiophene rings is 1. The van der Waals surface area contributed by atoms with Crippen molar-refractivity contribution in [2.45, 2.75) is 24.3 Å². The van der Waals surface area contributed by atoms with E-state index in [0.717, 1.165) is 17.4 Å². The highest BCUT2D eigenvalue weighted by molar-refractivity contribution is 9.09. The summed E-state index contributed by atoms with van der Waals surface area (Å²) in [7, 11) is 0. The first kappa shape index (κ1) is 14.6. The van der Waals surface area contributed by atoms with Crippen LogP contribution in [0.4, 0.5) is 13.2 Å². The molecule has 102 valence electrons. The fourth-order valence-electron chi connectivity index (χ4n) is 1.76. The first-order valence-electron chi connectivity index (χ1n) is 5.81. The molecular weight excluding hydrogens is 337 g/mol. The molecule has 2 rings (SSSR count). The average Bonchev–Trinajstić information content (AvgIpc) is 2.86. The van der Waals surface area contributed by atoms with Crippen LogP contribution in [0.1, 0.15) is 32.6 Å². The maximum Gasteiger partial charge on any atom is 0.416 e. The summed E-state index contributed by atoms with van der Waals surface area (Å²) in [6.07, 6.45) is -3.36. The zero-order valence-electron chi connectivity index (χ0n) is 10.2. The van der Waals surface area contributed by atoms with Crippen LogP contribution in [-0.2, 0) is 12.6 Å². The van der Waals surface area contributed by atoms with Gasteiger partial charge in [0.05, 0.1) is 10.4 Å². The van der Waals surface area contributed by atoms with Gasteiger partial charge < -0.3 is 0 Å². The third-order valence-electron chi connectivity index (χ3n) is 2.79. The summed E-state index contributed by atoms with van der Waals surface area (Å²) in [4.78, 5) is 2.06. The summed E-state index contributed by atoms with van der Waals surface area (Å²) in [5.74, 6) is 0. The van der Waals surface area contributed by atoms with Crippen molar-refractivity contribution in [2.75, 3.05) is 0 Å². The van der Waals surface area contributed by atoms with E-state index in [2.05, 4.69) is 22.9 Å². The minimum absolute atomic E-state index is 0.194. The molecule has 0 aliphatic carbocycles. The summed E-state index contributed by atoms with van der Waals surface area (Å²) in [5, 5.41) is 0. The number of halogens is 4. The average molecular weight is 349 g/mol. The van der Waals surface area contributed by atoms with E-state index < -0.39 is 11.7 Å². The van der Waals surface area contributed by atoms with Crippen molar-refractivity contribution in [1.82, 2.24) is 0 Å². The molecule has 0 radical (unpaired) electrons. The molecule has 0 aliphatic rings.